The molecule has 2 aromatic heterocycles. The maximum absolute atomic E-state index is 12.4. The zero-order valence-electron chi connectivity index (χ0n) is 10.7. The number of nitrogens with two attached hydrogens (primary N) is 1. The predicted octanol–water partition coefficient (Wildman–Crippen LogP) is 1.62. The van der Waals surface area contributed by atoms with Gasteiger partial charge in [-0.15, -0.1) is 11.3 Å². The Morgan fingerprint density at radius 2 is 2.05 bits per heavy atom. The summed E-state index contributed by atoms with van der Waals surface area (Å²) in [5.74, 6) is 0. The number of nitrogens with zero attached hydrogens (tertiary/aromatic N) is 3. The van der Waals surface area contributed by atoms with Gasteiger partial charge in [-0.3, -0.25) is 0 Å². The van der Waals surface area contributed by atoms with Gasteiger partial charge in [-0.1, -0.05) is 11.3 Å². The van der Waals surface area contributed by atoms with E-state index in [1.165, 1.54) is 15.6 Å². The monoisotopic (exact) mass is 318 g/mol. The average Bonchev–Trinajstić information content (AvgIpc) is 2.86. The van der Waals surface area contributed by atoms with Crippen LogP contribution in [0.15, 0.2) is 9.72 Å². The number of rotatable bonds is 4. The fourth-order valence-corrected chi connectivity index (χ4v) is 5.09. The summed E-state index contributed by atoms with van der Waals surface area (Å²) in [6.45, 7) is 3.81. The van der Waals surface area contributed by atoms with Gasteiger partial charge in [0.25, 0.3) is 10.0 Å². The highest BCUT2D eigenvalue weighted by Crippen LogP contribution is 2.28. The standard InChI is InChI=1S/C10H14N4O2S3/c1-6-8(17-5-12-6)4-14(3)19(15,16)9-7(2)13-10(11)18-9/h5H,4H2,1-3H3,(H2,11,13). The lowest BCUT2D eigenvalue weighted by atomic mass is 10.4. The predicted molar refractivity (Wildman–Crippen MR) is 76.8 cm³/mol. The van der Waals surface area contributed by atoms with Crippen LogP contribution in [0.5, 0.6) is 0 Å². The summed E-state index contributed by atoms with van der Waals surface area (Å²) in [5.41, 5.74) is 8.56. The molecule has 104 valence electrons. The van der Waals surface area contributed by atoms with E-state index in [9.17, 15) is 8.42 Å². The van der Waals surface area contributed by atoms with Crippen LogP contribution in [0.2, 0.25) is 0 Å². The quantitative estimate of drug-likeness (QED) is 0.925. The van der Waals surface area contributed by atoms with Crippen molar-refractivity contribution in [3.63, 3.8) is 0 Å². The van der Waals surface area contributed by atoms with Crippen molar-refractivity contribution in [3.8, 4) is 0 Å². The first-order valence-corrected chi connectivity index (χ1v) is 8.54. The van der Waals surface area contributed by atoms with Crippen molar-refractivity contribution in [2.24, 2.45) is 0 Å². The summed E-state index contributed by atoms with van der Waals surface area (Å²) in [4.78, 5) is 9.00. The third kappa shape index (κ3) is 2.78. The first-order valence-electron chi connectivity index (χ1n) is 5.40. The molecule has 0 atom stereocenters. The molecule has 0 aliphatic carbocycles. The molecule has 0 aliphatic rings. The number of sulfonamides is 1. The number of thiazole rings is 2. The number of hydrogen-bond donors (Lipinski definition) is 1. The van der Waals surface area contributed by atoms with E-state index in [0.717, 1.165) is 21.9 Å². The van der Waals surface area contributed by atoms with Crippen molar-refractivity contribution in [2.45, 2.75) is 24.6 Å². The fraction of sp³-hybridized carbons (Fsp3) is 0.400. The molecule has 9 heteroatoms. The lowest BCUT2D eigenvalue weighted by Gasteiger charge is -2.15. The van der Waals surface area contributed by atoms with Gasteiger partial charge in [-0.2, -0.15) is 4.31 Å². The summed E-state index contributed by atoms with van der Waals surface area (Å²) < 4.78 is 26.4. The molecular formula is C10H14N4O2S3. The van der Waals surface area contributed by atoms with E-state index in [1.807, 2.05) is 6.92 Å². The molecule has 2 aromatic rings. The molecule has 0 spiro atoms. The van der Waals surface area contributed by atoms with E-state index >= 15 is 0 Å². The molecule has 0 aromatic carbocycles. The van der Waals surface area contributed by atoms with Crippen LogP contribution < -0.4 is 5.73 Å². The number of hydrogen-bond acceptors (Lipinski definition) is 7. The number of aryl methyl sites for hydroxylation is 2. The highest BCUT2D eigenvalue weighted by atomic mass is 32.2. The van der Waals surface area contributed by atoms with Gasteiger partial charge in [0.15, 0.2) is 9.34 Å². The van der Waals surface area contributed by atoms with Gasteiger partial charge in [0.05, 0.1) is 16.9 Å². The summed E-state index contributed by atoms with van der Waals surface area (Å²) in [5, 5.41) is 0.262. The smallest absolute Gasteiger partial charge is 0.254 e. The van der Waals surface area contributed by atoms with Crippen molar-refractivity contribution in [2.75, 3.05) is 12.8 Å². The van der Waals surface area contributed by atoms with Crippen LogP contribution in [0.25, 0.3) is 0 Å². The Morgan fingerprint density at radius 3 is 2.53 bits per heavy atom. The SMILES string of the molecule is Cc1ncsc1CN(C)S(=O)(=O)c1sc(N)nc1C. The first kappa shape index (κ1) is 14.4. The van der Waals surface area contributed by atoms with Crippen molar-refractivity contribution in [1.82, 2.24) is 14.3 Å². The number of nitrogen functional groups attached to an aromatic ring is 1. The van der Waals surface area contributed by atoms with Crippen molar-refractivity contribution < 1.29 is 8.42 Å². The van der Waals surface area contributed by atoms with E-state index in [0.29, 0.717) is 12.2 Å². The lowest BCUT2D eigenvalue weighted by molar-refractivity contribution is 0.470. The third-order valence-electron chi connectivity index (χ3n) is 2.63. The highest BCUT2D eigenvalue weighted by molar-refractivity contribution is 7.91. The second-order valence-electron chi connectivity index (χ2n) is 4.05. The molecule has 6 nitrogen and oxygen atoms in total. The Labute approximate surface area is 120 Å². The van der Waals surface area contributed by atoms with Gasteiger partial charge >= 0.3 is 0 Å². The van der Waals surface area contributed by atoms with E-state index in [4.69, 9.17) is 5.73 Å². The molecule has 0 aliphatic heterocycles. The summed E-state index contributed by atoms with van der Waals surface area (Å²) in [6.07, 6.45) is 0. The molecule has 0 radical (unpaired) electrons. The molecule has 0 amide bonds. The molecule has 0 saturated heterocycles. The lowest BCUT2D eigenvalue weighted by Crippen LogP contribution is -2.26. The van der Waals surface area contributed by atoms with Crippen LogP contribution in [0.1, 0.15) is 16.3 Å². The van der Waals surface area contributed by atoms with Gasteiger partial charge in [-0.25, -0.2) is 18.4 Å². The minimum Gasteiger partial charge on any atom is -0.375 e. The Kier molecular flexibility index (Phi) is 3.90. The average molecular weight is 318 g/mol. The second kappa shape index (κ2) is 5.16. The number of anilines is 1. The molecule has 2 N–H and O–H groups in total. The Morgan fingerprint density at radius 1 is 1.37 bits per heavy atom. The van der Waals surface area contributed by atoms with Gasteiger partial charge in [0.2, 0.25) is 0 Å². The Balaban J connectivity index is 2.30. The maximum Gasteiger partial charge on any atom is 0.254 e. The van der Waals surface area contributed by atoms with Crippen LogP contribution in [0.3, 0.4) is 0 Å². The Bertz CT molecular complexity index is 689. The fourth-order valence-electron chi connectivity index (χ4n) is 1.55. The van der Waals surface area contributed by atoms with Crippen molar-refractivity contribution in [3.05, 3.63) is 21.8 Å². The minimum absolute atomic E-state index is 0.203. The number of aromatic nitrogens is 2. The molecule has 0 unspecified atom stereocenters. The molecule has 0 saturated carbocycles. The Hall–Kier alpha value is -1.03. The van der Waals surface area contributed by atoms with Crippen LogP contribution in [-0.2, 0) is 16.6 Å². The van der Waals surface area contributed by atoms with Gasteiger partial charge in [0, 0.05) is 18.5 Å². The topological polar surface area (TPSA) is 89.2 Å². The summed E-state index contributed by atoms with van der Waals surface area (Å²) in [6, 6.07) is 0. The van der Waals surface area contributed by atoms with Gasteiger partial charge in [-0.05, 0) is 13.8 Å². The van der Waals surface area contributed by atoms with Gasteiger partial charge in [0.1, 0.15) is 0 Å². The van der Waals surface area contributed by atoms with E-state index in [-0.39, 0.29) is 9.34 Å². The molecule has 0 fully saturated rings. The second-order valence-corrected chi connectivity index (χ2v) is 8.26. The van der Waals surface area contributed by atoms with Crippen LogP contribution in [-0.4, -0.2) is 29.7 Å². The zero-order chi connectivity index (χ0) is 14.2. The maximum atomic E-state index is 12.4. The molecular weight excluding hydrogens is 304 g/mol. The van der Waals surface area contributed by atoms with E-state index < -0.39 is 10.0 Å². The van der Waals surface area contributed by atoms with Crippen LogP contribution >= 0.6 is 22.7 Å². The highest BCUT2D eigenvalue weighted by Gasteiger charge is 2.26. The minimum atomic E-state index is -3.55. The first-order chi connectivity index (χ1) is 8.82. The zero-order valence-corrected chi connectivity index (χ0v) is 13.2. The molecule has 19 heavy (non-hydrogen) atoms. The van der Waals surface area contributed by atoms with Crippen molar-refractivity contribution in [1.29, 1.82) is 0 Å². The van der Waals surface area contributed by atoms with Crippen molar-refractivity contribution >= 4 is 37.8 Å². The molecule has 2 rings (SSSR count). The largest absolute Gasteiger partial charge is 0.375 e. The van der Waals surface area contributed by atoms with E-state index in [2.05, 4.69) is 9.97 Å². The summed E-state index contributed by atoms with van der Waals surface area (Å²) in [7, 11) is -2.01. The molecule has 0 bridgehead atoms. The normalized spacial score (nSPS) is 12.2. The third-order valence-corrected chi connectivity index (χ3v) is 6.92. The van der Waals surface area contributed by atoms with E-state index in [1.54, 1.807) is 19.5 Å². The van der Waals surface area contributed by atoms with Gasteiger partial charge < -0.3 is 5.73 Å². The van der Waals surface area contributed by atoms with Crippen LogP contribution in [0, 0.1) is 13.8 Å². The molecule has 2 heterocycles. The summed E-state index contributed by atoms with van der Waals surface area (Å²) >= 11 is 2.44. The van der Waals surface area contributed by atoms with Crippen LogP contribution in [0.4, 0.5) is 5.13 Å².